The molecular weight excluding hydrogens is 367 g/mol. The van der Waals surface area contributed by atoms with Crippen molar-refractivity contribution in [2.75, 3.05) is 50.2 Å². The van der Waals surface area contributed by atoms with Gasteiger partial charge >= 0.3 is 5.97 Å². The number of esters is 1. The topological polar surface area (TPSA) is 77.1 Å². The SMILES string of the molecule is COc1ccc(C(=O)OCC(=O)Nc2ccc(N3CCOCC3)cc2)c(F)c1. The van der Waals surface area contributed by atoms with Gasteiger partial charge in [0.05, 0.1) is 25.9 Å². The Morgan fingerprint density at radius 3 is 2.50 bits per heavy atom. The van der Waals surface area contributed by atoms with Crippen molar-refractivity contribution in [1.29, 1.82) is 0 Å². The predicted octanol–water partition coefficient (Wildman–Crippen LogP) is 2.47. The van der Waals surface area contributed by atoms with Crippen molar-refractivity contribution in [2.24, 2.45) is 0 Å². The van der Waals surface area contributed by atoms with E-state index in [0.29, 0.717) is 18.9 Å². The predicted molar refractivity (Wildman–Crippen MR) is 101 cm³/mol. The fourth-order valence-electron chi connectivity index (χ4n) is 2.77. The molecule has 2 aromatic rings. The van der Waals surface area contributed by atoms with E-state index in [0.717, 1.165) is 24.8 Å². The summed E-state index contributed by atoms with van der Waals surface area (Å²) >= 11 is 0. The molecule has 28 heavy (non-hydrogen) atoms. The van der Waals surface area contributed by atoms with Crippen molar-refractivity contribution in [1.82, 2.24) is 0 Å². The second kappa shape index (κ2) is 9.18. The largest absolute Gasteiger partial charge is 0.497 e. The van der Waals surface area contributed by atoms with E-state index in [2.05, 4.69) is 10.2 Å². The molecule has 0 atom stereocenters. The van der Waals surface area contributed by atoms with Gasteiger partial charge in [0.15, 0.2) is 6.61 Å². The first-order valence-electron chi connectivity index (χ1n) is 8.80. The normalized spacial score (nSPS) is 13.7. The van der Waals surface area contributed by atoms with Crippen LogP contribution in [0, 0.1) is 5.82 Å². The first kappa shape index (κ1) is 19.6. The minimum atomic E-state index is -0.919. The monoisotopic (exact) mass is 388 g/mol. The molecule has 8 heteroatoms. The van der Waals surface area contributed by atoms with E-state index < -0.39 is 24.3 Å². The Hall–Kier alpha value is -3.13. The number of nitrogens with one attached hydrogen (secondary N) is 1. The smallest absolute Gasteiger partial charge is 0.341 e. The highest BCUT2D eigenvalue weighted by atomic mass is 19.1. The maximum atomic E-state index is 13.9. The number of rotatable bonds is 6. The Bertz CT molecular complexity index is 835. The Morgan fingerprint density at radius 2 is 1.86 bits per heavy atom. The van der Waals surface area contributed by atoms with Gasteiger partial charge in [0, 0.05) is 30.5 Å². The zero-order chi connectivity index (χ0) is 19.9. The van der Waals surface area contributed by atoms with Gasteiger partial charge in [-0.15, -0.1) is 0 Å². The number of nitrogens with zero attached hydrogens (tertiary/aromatic N) is 1. The second-order valence-electron chi connectivity index (χ2n) is 6.12. The van der Waals surface area contributed by atoms with Crippen LogP contribution in [0.1, 0.15) is 10.4 Å². The second-order valence-corrected chi connectivity index (χ2v) is 6.12. The van der Waals surface area contributed by atoms with Gasteiger partial charge in [-0.2, -0.15) is 0 Å². The van der Waals surface area contributed by atoms with Crippen LogP contribution in [-0.2, 0) is 14.3 Å². The summed E-state index contributed by atoms with van der Waals surface area (Å²) in [6.07, 6.45) is 0. The van der Waals surface area contributed by atoms with Crippen molar-refractivity contribution in [2.45, 2.75) is 0 Å². The summed E-state index contributed by atoms with van der Waals surface area (Å²) in [6.45, 7) is 2.51. The fraction of sp³-hybridized carbons (Fsp3) is 0.300. The number of ether oxygens (including phenoxy) is 3. The van der Waals surface area contributed by atoms with E-state index >= 15 is 0 Å². The molecule has 0 spiro atoms. The molecule has 1 heterocycles. The maximum absolute atomic E-state index is 13.9. The van der Waals surface area contributed by atoms with Gasteiger partial charge in [-0.3, -0.25) is 4.79 Å². The van der Waals surface area contributed by atoms with Gasteiger partial charge in [0.2, 0.25) is 0 Å². The molecule has 0 radical (unpaired) electrons. The molecular formula is C20H21FN2O5. The van der Waals surface area contributed by atoms with Gasteiger partial charge in [-0.1, -0.05) is 0 Å². The number of carbonyl (C=O) groups excluding carboxylic acids is 2. The summed E-state index contributed by atoms with van der Waals surface area (Å²) in [5.41, 5.74) is 1.36. The number of benzene rings is 2. The number of methoxy groups -OCH3 is 1. The molecule has 0 aliphatic carbocycles. The van der Waals surface area contributed by atoms with Gasteiger partial charge < -0.3 is 24.4 Å². The van der Waals surface area contributed by atoms with Crippen molar-refractivity contribution in [3.05, 3.63) is 53.8 Å². The zero-order valence-corrected chi connectivity index (χ0v) is 15.4. The molecule has 7 nitrogen and oxygen atoms in total. The van der Waals surface area contributed by atoms with Crippen LogP contribution in [0.4, 0.5) is 15.8 Å². The summed E-state index contributed by atoms with van der Waals surface area (Å²) in [5, 5.41) is 2.64. The quantitative estimate of drug-likeness (QED) is 0.766. The third-order valence-corrected chi connectivity index (χ3v) is 4.26. The average Bonchev–Trinajstić information content (AvgIpc) is 2.73. The molecule has 0 saturated carbocycles. The molecule has 0 aromatic heterocycles. The number of hydrogen-bond donors (Lipinski definition) is 1. The lowest BCUT2D eigenvalue weighted by Crippen LogP contribution is -2.36. The minimum absolute atomic E-state index is 0.261. The van der Waals surface area contributed by atoms with Gasteiger partial charge in [0.25, 0.3) is 5.91 Å². The molecule has 2 aromatic carbocycles. The Kier molecular flexibility index (Phi) is 6.44. The van der Waals surface area contributed by atoms with Crippen LogP contribution in [0.2, 0.25) is 0 Å². The Labute approximate surface area is 162 Å². The van der Waals surface area contributed by atoms with Crippen molar-refractivity contribution in [3.63, 3.8) is 0 Å². The highest BCUT2D eigenvalue weighted by molar-refractivity contribution is 5.95. The van der Waals surface area contributed by atoms with E-state index in [9.17, 15) is 14.0 Å². The number of anilines is 2. The van der Waals surface area contributed by atoms with E-state index in [1.165, 1.54) is 19.2 Å². The van der Waals surface area contributed by atoms with Crippen molar-refractivity contribution < 1.29 is 28.2 Å². The summed E-state index contributed by atoms with van der Waals surface area (Å²) in [5.74, 6) is -1.92. The molecule has 1 aliphatic heterocycles. The molecule has 1 aliphatic rings. The van der Waals surface area contributed by atoms with Crippen LogP contribution in [0.25, 0.3) is 0 Å². The highest BCUT2D eigenvalue weighted by Gasteiger charge is 2.16. The van der Waals surface area contributed by atoms with E-state index in [-0.39, 0.29) is 11.3 Å². The lowest BCUT2D eigenvalue weighted by Gasteiger charge is -2.28. The summed E-state index contributed by atoms with van der Waals surface area (Å²) in [7, 11) is 1.39. The number of halogens is 1. The fourth-order valence-corrected chi connectivity index (χ4v) is 2.77. The lowest BCUT2D eigenvalue weighted by atomic mass is 10.2. The number of hydrogen-bond acceptors (Lipinski definition) is 6. The Balaban J connectivity index is 1.50. The standard InChI is InChI=1S/C20H21FN2O5/c1-26-16-6-7-17(18(21)12-16)20(25)28-13-19(24)22-14-2-4-15(5-3-14)23-8-10-27-11-9-23/h2-7,12H,8-11,13H2,1H3,(H,22,24). The van der Waals surface area contributed by atoms with Crippen LogP contribution >= 0.6 is 0 Å². The average molecular weight is 388 g/mol. The molecule has 148 valence electrons. The molecule has 0 bridgehead atoms. The first-order valence-corrected chi connectivity index (χ1v) is 8.80. The number of carbonyl (C=O) groups is 2. The van der Waals surface area contributed by atoms with Gasteiger partial charge in [0.1, 0.15) is 11.6 Å². The molecule has 0 unspecified atom stereocenters. The third-order valence-electron chi connectivity index (χ3n) is 4.26. The molecule has 3 rings (SSSR count). The summed E-state index contributed by atoms with van der Waals surface area (Å²) < 4.78 is 28.9. The van der Waals surface area contributed by atoms with E-state index in [1.54, 1.807) is 12.1 Å². The zero-order valence-electron chi connectivity index (χ0n) is 15.4. The summed E-state index contributed by atoms with van der Waals surface area (Å²) in [4.78, 5) is 26.1. The van der Waals surface area contributed by atoms with Crippen LogP contribution in [0.5, 0.6) is 5.75 Å². The molecule has 1 fully saturated rings. The lowest BCUT2D eigenvalue weighted by molar-refractivity contribution is -0.119. The van der Waals surface area contributed by atoms with Crippen molar-refractivity contribution >= 4 is 23.3 Å². The minimum Gasteiger partial charge on any atom is -0.497 e. The highest BCUT2D eigenvalue weighted by Crippen LogP contribution is 2.19. The van der Waals surface area contributed by atoms with Gasteiger partial charge in [-0.05, 0) is 36.4 Å². The van der Waals surface area contributed by atoms with Gasteiger partial charge in [-0.25, -0.2) is 9.18 Å². The van der Waals surface area contributed by atoms with E-state index in [4.69, 9.17) is 14.2 Å². The van der Waals surface area contributed by atoms with Crippen LogP contribution in [-0.4, -0.2) is 51.9 Å². The third kappa shape index (κ3) is 4.98. The van der Waals surface area contributed by atoms with E-state index in [1.807, 2.05) is 12.1 Å². The summed E-state index contributed by atoms with van der Waals surface area (Å²) in [6, 6.07) is 11.1. The maximum Gasteiger partial charge on any atom is 0.341 e. The number of morpholine rings is 1. The Morgan fingerprint density at radius 1 is 1.14 bits per heavy atom. The van der Waals surface area contributed by atoms with Crippen LogP contribution < -0.4 is 15.0 Å². The molecule has 1 saturated heterocycles. The van der Waals surface area contributed by atoms with Crippen molar-refractivity contribution in [3.8, 4) is 5.75 Å². The molecule has 1 amide bonds. The van der Waals surface area contributed by atoms with Crippen LogP contribution in [0.3, 0.4) is 0 Å². The van der Waals surface area contributed by atoms with Crippen LogP contribution in [0.15, 0.2) is 42.5 Å². The molecule has 1 N–H and O–H groups in total. The first-order chi connectivity index (χ1) is 13.6. The number of amides is 1.